The Balaban J connectivity index is 0.000000475. The molecule has 0 fully saturated rings. The van der Waals surface area contributed by atoms with Crippen LogP contribution in [0.4, 0.5) is 0 Å². The number of allylic oxidation sites excluding steroid dienone is 2. The maximum Gasteiger partial charge on any atom is 0.0722 e. The summed E-state index contributed by atoms with van der Waals surface area (Å²) in [4.78, 5) is 17.2. The minimum absolute atomic E-state index is 0.139. The van der Waals surface area contributed by atoms with E-state index in [1.165, 1.54) is 27.8 Å². The number of aryl methyl sites for hydroxylation is 3. The van der Waals surface area contributed by atoms with Crippen LogP contribution in [0.1, 0.15) is 47.4 Å². The fourth-order valence-corrected chi connectivity index (χ4v) is 10.6. The maximum atomic E-state index is 5.69. The van der Waals surface area contributed by atoms with Crippen LogP contribution in [0.3, 0.4) is 0 Å². The Hall–Kier alpha value is -9.17. The van der Waals surface area contributed by atoms with E-state index in [9.17, 15) is 0 Å². The number of rotatable bonds is 12. The smallest absolute Gasteiger partial charge is 0.0722 e. The van der Waals surface area contributed by atoms with E-state index in [2.05, 4.69) is 288 Å². The van der Waals surface area contributed by atoms with Crippen molar-refractivity contribution in [2.24, 2.45) is 8.99 Å². The SMILES string of the molecule is CN(C)C(C)(C)[N]=[Co].Cc1cc(C)c(/C(=C2\C=CC(c3c(-c4ccccc4)cc(-c4ccccc4)cc3-c3ccccc3)=N2)c2ccc(-c3c(-c4ccccc4)cc(-c4ccccc4)cc3-c3ccccc3)[n-]2)c(C)c1.c1ccncc1. The summed E-state index contributed by atoms with van der Waals surface area (Å²) in [5, 5.41) is 0. The predicted molar refractivity (Wildman–Crippen MR) is 341 cm³/mol. The summed E-state index contributed by atoms with van der Waals surface area (Å²) >= 11 is 3.87. The summed E-state index contributed by atoms with van der Waals surface area (Å²) in [5.74, 6) is 0. The summed E-state index contributed by atoms with van der Waals surface area (Å²) < 4.78 is 3.83. The van der Waals surface area contributed by atoms with E-state index in [4.69, 9.17) is 9.98 Å². The van der Waals surface area contributed by atoms with Crippen molar-refractivity contribution < 1.29 is 15.5 Å². The number of pyridine rings is 1. The van der Waals surface area contributed by atoms with Crippen LogP contribution < -0.4 is 4.98 Å². The van der Waals surface area contributed by atoms with Gasteiger partial charge in [-0.3, -0.25) is 4.98 Å². The molecule has 0 saturated carbocycles. The molecule has 11 aromatic rings. The van der Waals surface area contributed by atoms with Gasteiger partial charge in [-0.1, -0.05) is 218 Å². The summed E-state index contributed by atoms with van der Waals surface area (Å²) in [5.41, 5.74) is 25.2. The van der Waals surface area contributed by atoms with Gasteiger partial charge in [0.15, 0.2) is 0 Å². The first-order chi connectivity index (χ1) is 40.0. The molecular formula is C76H66CoN5-. The molecule has 1 aliphatic rings. The first kappa shape index (κ1) is 56.1. The molecule has 2 aromatic heterocycles. The summed E-state index contributed by atoms with van der Waals surface area (Å²) in [6.07, 6.45) is 7.91. The molecule has 9 aromatic carbocycles. The van der Waals surface area contributed by atoms with Gasteiger partial charge >= 0.3 is 58.0 Å². The van der Waals surface area contributed by atoms with Gasteiger partial charge in [-0.2, -0.15) is 0 Å². The van der Waals surface area contributed by atoms with Crippen molar-refractivity contribution in [3.8, 4) is 78.0 Å². The van der Waals surface area contributed by atoms with Gasteiger partial charge in [0.1, 0.15) is 0 Å². The van der Waals surface area contributed by atoms with Crippen molar-refractivity contribution in [3.63, 3.8) is 0 Å². The van der Waals surface area contributed by atoms with Crippen LogP contribution in [0, 0.1) is 20.8 Å². The van der Waals surface area contributed by atoms with Gasteiger partial charge in [-0.15, -0.1) is 11.4 Å². The van der Waals surface area contributed by atoms with Crippen LogP contribution in [-0.4, -0.2) is 35.4 Å². The molecule has 0 amide bonds. The minimum Gasteiger partial charge on any atom is -0.657 e. The predicted octanol–water partition coefficient (Wildman–Crippen LogP) is 19.2. The molecule has 0 unspecified atom stereocenters. The summed E-state index contributed by atoms with van der Waals surface area (Å²) in [7, 11) is 3.94. The molecule has 1 aliphatic heterocycles. The number of aliphatic imine (C=N–C) groups is 1. The van der Waals surface area contributed by atoms with E-state index in [0.717, 1.165) is 101 Å². The Bertz CT molecular complexity index is 3860. The summed E-state index contributed by atoms with van der Waals surface area (Å²) in [6.45, 7) is 10.6. The molecule has 82 heavy (non-hydrogen) atoms. The van der Waals surface area contributed by atoms with Crippen molar-refractivity contribution in [1.82, 2.24) is 14.9 Å². The monoisotopic (exact) mass is 1110 g/mol. The van der Waals surface area contributed by atoms with Crippen LogP contribution in [0.25, 0.3) is 83.6 Å². The maximum absolute atomic E-state index is 5.69. The standard InChI is InChI=1S/C66H49N2.C5H12N2.C5H5N.Co/c1-44-38-45(2)63(46(3)39-44)66(61-36-34-59(67-61)64-55(49-26-14-6-15-27-49)40-53(47-22-10-4-11-23-47)41-56(64)50-28-16-7-17-29-50)62-37-35-60(68-62)65-57(51-30-18-8-19-31-51)42-54(48-24-12-5-13-25-48)43-58(65)52-32-20-9-21-33-52;1-5(2,6)7(3)4;1-2-4-6-5-3-1;/h4-43H,1-3H3;1-4H3;1-5H;/q-1;;;/b66-61+;;;. The fraction of sp³-hybridized carbons (Fsp3) is 0.105. The average molecular weight is 1110 g/mol. The van der Waals surface area contributed by atoms with Crippen molar-refractivity contribution in [2.75, 3.05) is 14.1 Å². The first-order valence-corrected chi connectivity index (χ1v) is 28.2. The Morgan fingerprint density at radius 3 is 1.16 bits per heavy atom. The number of nitrogens with zero attached hydrogens (tertiary/aromatic N) is 5. The second-order valence-corrected chi connectivity index (χ2v) is 21.4. The molecule has 0 aliphatic carbocycles. The molecule has 0 spiro atoms. The van der Waals surface area contributed by atoms with Crippen LogP contribution in [-0.2, 0) is 15.5 Å². The third-order valence-corrected chi connectivity index (χ3v) is 15.5. The fourth-order valence-electron chi connectivity index (χ4n) is 10.4. The molecule has 0 bridgehead atoms. The molecule has 405 valence electrons. The number of benzene rings is 9. The Morgan fingerprint density at radius 1 is 0.439 bits per heavy atom. The van der Waals surface area contributed by atoms with Crippen LogP contribution in [0.5, 0.6) is 0 Å². The summed E-state index contributed by atoms with van der Waals surface area (Å²) in [6, 6.07) is 88.3. The normalized spacial score (nSPS) is 12.4. The van der Waals surface area contributed by atoms with E-state index in [1.54, 1.807) is 12.4 Å². The molecule has 12 rings (SSSR count). The van der Waals surface area contributed by atoms with E-state index in [-0.39, 0.29) is 5.66 Å². The zero-order valence-electron chi connectivity index (χ0n) is 47.6. The van der Waals surface area contributed by atoms with Gasteiger partial charge in [0, 0.05) is 18.0 Å². The first-order valence-electron chi connectivity index (χ1n) is 27.7. The third kappa shape index (κ3) is 12.9. The van der Waals surface area contributed by atoms with Crippen molar-refractivity contribution >= 4 is 11.3 Å². The van der Waals surface area contributed by atoms with E-state index < -0.39 is 0 Å². The van der Waals surface area contributed by atoms with E-state index >= 15 is 0 Å². The number of aromatic nitrogens is 2. The Labute approximate surface area is 492 Å². The van der Waals surface area contributed by atoms with Gasteiger partial charge in [-0.05, 0) is 164 Å². The molecule has 0 N–H and O–H groups in total. The Morgan fingerprint density at radius 2 is 0.817 bits per heavy atom. The van der Waals surface area contributed by atoms with Crippen molar-refractivity contribution in [1.29, 1.82) is 0 Å². The van der Waals surface area contributed by atoms with Crippen molar-refractivity contribution in [2.45, 2.75) is 40.3 Å². The van der Waals surface area contributed by atoms with E-state index in [1.807, 2.05) is 51.0 Å². The molecular weight excluding hydrogens is 1040 g/mol. The van der Waals surface area contributed by atoms with Gasteiger partial charge in [-0.25, -0.2) is 4.99 Å². The molecule has 5 nitrogen and oxygen atoms in total. The molecule has 3 heterocycles. The molecule has 0 saturated heterocycles. The van der Waals surface area contributed by atoms with Gasteiger partial charge in [0.05, 0.1) is 11.4 Å². The second-order valence-electron chi connectivity index (χ2n) is 21.2. The zero-order chi connectivity index (χ0) is 57.0. The quantitative estimate of drug-likeness (QED) is 0.122. The van der Waals surface area contributed by atoms with Crippen molar-refractivity contribution in [3.05, 3.63) is 312 Å². The number of hydrogen-bond acceptors (Lipinski definition) is 4. The topological polar surface area (TPSA) is 55.0 Å². The minimum atomic E-state index is -0.139. The van der Waals surface area contributed by atoms with Gasteiger partial charge in [0.2, 0.25) is 0 Å². The largest absolute Gasteiger partial charge is 0.657 e. The van der Waals surface area contributed by atoms with Gasteiger partial charge in [0.25, 0.3) is 0 Å². The van der Waals surface area contributed by atoms with Crippen LogP contribution >= 0.6 is 0 Å². The molecule has 0 atom stereocenters. The zero-order valence-corrected chi connectivity index (χ0v) is 48.6. The Kier molecular flexibility index (Phi) is 17.8. The van der Waals surface area contributed by atoms with Gasteiger partial charge < -0.3 is 4.98 Å². The molecule has 6 heteroatoms. The molecule has 0 radical (unpaired) electrons. The van der Waals surface area contributed by atoms with Crippen LogP contribution in [0.15, 0.2) is 288 Å². The van der Waals surface area contributed by atoms with E-state index in [0.29, 0.717) is 0 Å². The second kappa shape index (κ2) is 26.0. The van der Waals surface area contributed by atoms with Crippen LogP contribution in [0.2, 0.25) is 0 Å². The number of hydrogen-bond donors (Lipinski definition) is 0. The average Bonchev–Trinajstić information content (AvgIpc) is 3.65. The third-order valence-electron chi connectivity index (χ3n) is 14.9.